The van der Waals surface area contributed by atoms with Gasteiger partial charge in [0.15, 0.2) is 0 Å². The Hall–Kier alpha value is -2.29. The topological polar surface area (TPSA) is 34.0 Å². The molecule has 0 fully saturated rings. The van der Waals surface area contributed by atoms with E-state index >= 15 is 0 Å². The molecule has 2 rings (SSSR count). The van der Waals surface area contributed by atoms with Gasteiger partial charge in [0.25, 0.3) is 0 Å². The van der Waals surface area contributed by atoms with E-state index in [1.165, 1.54) is 6.08 Å². The lowest BCUT2D eigenvalue weighted by molar-refractivity contribution is -0.111. The molecule has 0 aliphatic heterocycles. The van der Waals surface area contributed by atoms with E-state index in [1.807, 2.05) is 60.3 Å². The first-order valence-electron chi connectivity index (χ1n) is 5.46. The number of amides is 1. The van der Waals surface area contributed by atoms with Crippen molar-refractivity contribution in [3.8, 4) is 5.69 Å². The van der Waals surface area contributed by atoms with E-state index in [4.69, 9.17) is 0 Å². The molecule has 3 nitrogen and oxygen atoms in total. The Balaban J connectivity index is 2.11. The highest BCUT2D eigenvalue weighted by molar-refractivity contribution is 5.99. The molecule has 0 saturated heterocycles. The SMILES string of the molecule is C/C=C/C(=O)Nc1ccc(-n2cccc2)cc1. The number of benzene rings is 1. The standard InChI is InChI=1S/C14H14N2O/c1-2-5-14(17)15-12-6-8-13(9-7-12)16-10-3-4-11-16/h2-11H,1H3,(H,15,17)/b5-2+. The number of allylic oxidation sites excluding steroid dienone is 1. The monoisotopic (exact) mass is 226 g/mol. The summed E-state index contributed by atoms with van der Waals surface area (Å²) in [6.07, 6.45) is 7.17. The first kappa shape index (κ1) is 11.2. The van der Waals surface area contributed by atoms with Crippen LogP contribution in [0.5, 0.6) is 0 Å². The number of carbonyl (C=O) groups is 1. The maximum absolute atomic E-state index is 11.3. The summed E-state index contributed by atoms with van der Waals surface area (Å²) in [5.41, 5.74) is 1.86. The van der Waals surface area contributed by atoms with Crippen LogP contribution < -0.4 is 5.32 Å². The van der Waals surface area contributed by atoms with Crippen LogP contribution in [0.1, 0.15) is 6.92 Å². The van der Waals surface area contributed by atoms with Crippen LogP contribution in [0.15, 0.2) is 60.9 Å². The molecule has 86 valence electrons. The van der Waals surface area contributed by atoms with Crippen LogP contribution >= 0.6 is 0 Å². The number of anilines is 1. The van der Waals surface area contributed by atoms with Gasteiger partial charge in [-0.05, 0) is 49.4 Å². The van der Waals surface area contributed by atoms with Crippen LogP contribution in [0.25, 0.3) is 5.69 Å². The van der Waals surface area contributed by atoms with E-state index in [2.05, 4.69) is 5.32 Å². The van der Waals surface area contributed by atoms with Crippen molar-refractivity contribution in [3.05, 3.63) is 60.9 Å². The molecular formula is C14H14N2O. The molecule has 1 aromatic carbocycles. The van der Waals surface area contributed by atoms with E-state index in [0.717, 1.165) is 11.4 Å². The minimum absolute atomic E-state index is 0.110. The van der Waals surface area contributed by atoms with Crippen LogP contribution in [0.4, 0.5) is 5.69 Å². The first-order valence-corrected chi connectivity index (χ1v) is 5.46. The summed E-state index contributed by atoms with van der Waals surface area (Å²) >= 11 is 0. The van der Waals surface area contributed by atoms with Gasteiger partial charge in [0.1, 0.15) is 0 Å². The quantitative estimate of drug-likeness (QED) is 0.802. The Morgan fingerprint density at radius 2 is 1.82 bits per heavy atom. The zero-order valence-electron chi connectivity index (χ0n) is 9.63. The van der Waals surface area contributed by atoms with Gasteiger partial charge in [-0.1, -0.05) is 6.08 Å². The Morgan fingerprint density at radius 1 is 1.18 bits per heavy atom. The number of rotatable bonds is 3. The molecule has 1 amide bonds. The average Bonchev–Trinajstić information content (AvgIpc) is 2.84. The molecule has 0 radical (unpaired) electrons. The lowest BCUT2D eigenvalue weighted by Crippen LogP contribution is -2.07. The summed E-state index contributed by atoms with van der Waals surface area (Å²) in [7, 11) is 0. The number of nitrogens with one attached hydrogen (secondary N) is 1. The van der Waals surface area contributed by atoms with E-state index < -0.39 is 0 Å². The fraction of sp³-hybridized carbons (Fsp3) is 0.0714. The van der Waals surface area contributed by atoms with Gasteiger partial charge >= 0.3 is 0 Å². The summed E-state index contributed by atoms with van der Waals surface area (Å²) in [5, 5.41) is 2.78. The lowest BCUT2D eigenvalue weighted by atomic mass is 10.2. The smallest absolute Gasteiger partial charge is 0.248 e. The number of carbonyl (C=O) groups excluding carboxylic acids is 1. The van der Waals surface area contributed by atoms with E-state index in [0.29, 0.717) is 0 Å². The second-order valence-electron chi connectivity index (χ2n) is 3.63. The van der Waals surface area contributed by atoms with Gasteiger partial charge in [-0.15, -0.1) is 0 Å². The summed E-state index contributed by atoms with van der Waals surface area (Å²) < 4.78 is 2.01. The molecule has 0 bridgehead atoms. The summed E-state index contributed by atoms with van der Waals surface area (Å²) in [6.45, 7) is 1.81. The summed E-state index contributed by atoms with van der Waals surface area (Å²) in [5.74, 6) is -0.110. The van der Waals surface area contributed by atoms with E-state index in [9.17, 15) is 4.79 Å². The molecular weight excluding hydrogens is 212 g/mol. The van der Waals surface area contributed by atoms with Crippen molar-refractivity contribution in [2.45, 2.75) is 6.92 Å². The Bertz CT molecular complexity index is 510. The zero-order chi connectivity index (χ0) is 12.1. The molecule has 3 heteroatoms. The highest BCUT2D eigenvalue weighted by atomic mass is 16.1. The van der Waals surface area contributed by atoms with Crippen LogP contribution in [0.2, 0.25) is 0 Å². The number of aromatic nitrogens is 1. The predicted octanol–water partition coefficient (Wildman–Crippen LogP) is 2.99. The molecule has 1 aromatic heterocycles. The number of hydrogen-bond donors (Lipinski definition) is 1. The van der Waals surface area contributed by atoms with Gasteiger partial charge in [-0.3, -0.25) is 4.79 Å². The Labute approximate surface area is 100 Å². The largest absolute Gasteiger partial charge is 0.324 e. The van der Waals surface area contributed by atoms with Crippen molar-refractivity contribution in [2.75, 3.05) is 5.32 Å². The van der Waals surface area contributed by atoms with Crippen LogP contribution in [-0.2, 0) is 4.79 Å². The Kier molecular flexibility index (Phi) is 3.40. The fourth-order valence-electron chi connectivity index (χ4n) is 1.56. The van der Waals surface area contributed by atoms with Gasteiger partial charge in [-0.2, -0.15) is 0 Å². The predicted molar refractivity (Wildman–Crippen MR) is 69.2 cm³/mol. The molecule has 0 spiro atoms. The van der Waals surface area contributed by atoms with Gasteiger partial charge in [0, 0.05) is 23.8 Å². The third-order valence-electron chi connectivity index (χ3n) is 2.36. The second-order valence-corrected chi connectivity index (χ2v) is 3.63. The third-order valence-corrected chi connectivity index (χ3v) is 2.36. The molecule has 0 aliphatic rings. The van der Waals surface area contributed by atoms with Crippen LogP contribution in [0.3, 0.4) is 0 Å². The molecule has 0 unspecified atom stereocenters. The molecule has 0 atom stereocenters. The van der Waals surface area contributed by atoms with Gasteiger partial charge in [-0.25, -0.2) is 0 Å². The minimum Gasteiger partial charge on any atom is -0.324 e. The molecule has 1 N–H and O–H groups in total. The molecule has 17 heavy (non-hydrogen) atoms. The second kappa shape index (κ2) is 5.16. The number of hydrogen-bond acceptors (Lipinski definition) is 1. The maximum Gasteiger partial charge on any atom is 0.248 e. The molecule has 2 aromatic rings. The van der Waals surface area contributed by atoms with Crippen molar-refractivity contribution < 1.29 is 4.79 Å². The van der Waals surface area contributed by atoms with E-state index in [1.54, 1.807) is 6.08 Å². The summed E-state index contributed by atoms with van der Waals surface area (Å²) in [6, 6.07) is 11.6. The highest BCUT2D eigenvalue weighted by Crippen LogP contribution is 2.13. The van der Waals surface area contributed by atoms with Crippen molar-refractivity contribution in [1.82, 2.24) is 4.57 Å². The highest BCUT2D eigenvalue weighted by Gasteiger charge is 1.98. The Morgan fingerprint density at radius 3 is 2.41 bits per heavy atom. The summed E-state index contributed by atoms with van der Waals surface area (Å²) in [4.78, 5) is 11.3. The van der Waals surface area contributed by atoms with Crippen molar-refractivity contribution in [3.63, 3.8) is 0 Å². The third kappa shape index (κ3) is 2.84. The molecule has 0 aliphatic carbocycles. The fourth-order valence-corrected chi connectivity index (χ4v) is 1.56. The van der Waals surface area contributed by atoms with Crippen molar-refractivity contribution >= 4 is 11.6 Å². The zero-order valence-corrected chi connectivity index (χ0v) is 9.63. The van der Waals surface area contributed by atoms with Gasteiger partial charge in [0.05, 0.1) is 0 Å². The van der Waals surface area contributed by atoms with Crippen LogP contribution in [-0.4, -0.2) is 10.5 Å². The average molecular weight is 226 g/mol. The van der Waals surface area contributed by atoms with E-state index in [-0.39, 0.29) is 5.91 Å². The maximum atomic E-state index is 11.3. The molecule has 0 saturated carbocycles. The molecule has 1 heterocycles. The van der Waals surface area contributed by atoms with Crippen molar-refractivity contribution in [1.29, 1.82) is 0 Å². The van der Waals surface area contributed by atoms with Crippen LogP contribution in [0, 0.1) is 0 Å². The number of nitrogens with zero attached hydrogens (tertiary/aromatic N) is 1. The normalized spacial score (nSPS) is 10.6. The van der Waals surface area contributed by atoms with Crippen molar-refractivity contribution in [2.24, 2.45) is 0 Å². The lowest BCUT2D eigenvalue weighted by Gasteiger charge is -2.05. The van der Waals surface area contributed by atoms with Gasteiger partial charge < -0.3 is 9.88 Å². The first-order chi connectivity index (χ1) is 8.29. The minimum atomic E-state index is -0.110. The van der Waals surface area contributed by atoms with Gasteiger partial charge in [0.2, 0.25) is 5.91 Å².